The van der Waals surface area contributed by atoms with Gasteiger partial charge in [0, 0.05) is 41.1 Å². The summed E-state index contributed by atoms with van der Waals surface area (Å²) in [6, 6.07) is 19.1. The molecule has 3 amide bonds. The number of carbonyl (C=O) groups excluding carboxylic acids is 4. The summed E-state index contributed by atoms with van der Waals surface area (Å²) in [6.45, 7) is 0.597. The molecule has 0 bridgehead atoms. The average molecular weight is 492 g/mol. The van der Waals surface area contributed by atoms with Crippen LogP contribution in [0.3, 0.4) is 0 Å². The Kier molecular flexibility index (Phi) is 9.56. The lowest BCUT2D eigenvalue weighted by atomic mass is 10.1. The lowest BCUT2D eigenvalue weighted by Crippen LogP contribution is -2.33. The number of nitrogens with two attached hydrogens (primary N) is 1. The Balaban J connectivity index is 1.53. The molecule has 0 unspecified atom stereocenters. The Morgan fingerprint density at radius 3 is 2.26 bits per heavy atom. The van der Waals surface area contributed by atoms with Crippen LogP contribution in [0.5, 0.6) is 0 Å². The smallest absolute Gasteiger partial charge is 0.256 e. The van der Waals surface area contributed by atoms with Crippen molar-refractivity contribution in [3.05, 3.63) is 90.3 Å². The summed E-state index contributed by atoms with van der Waals surface area (Å²) in [5, 5.41) is 5.20. The van der Waals surface area contributed by atoms with E-state index in [-0.39, 0.29) is 17.6 Å². The van der Waals surface area contributed by atoms with Gasteiger partial charge in [0.1, 0.15) is 6.54 Å². The number of aryl methyl sites for hydroxylation is 1. The Hall–Kier alpha value is -3.98. The molecule has 0 aliphatic heterocycles. The van der Waals surface area contributed by atoms with Crippen LogP contribution in [0.2, 0.25) is 0 Å². The largest absolute Gasteiger partial charge is 0.368 e. The number of nitrogens with zero attached hydrogens (tertiary/aromatic N) is 1. The fraction of sp³-hybridized carbons (Fsp3) is 0.192. The number of rotatable bonds is 11. The fourth-order valence-electron chi connectivity index (χ4n) is 3.24. The number of primary amides is 1. The van der Waals surface area contributed by atoms with E-state index in [1.807, 2.05) is 30.6 Å². The zero-order valence-corrected chi connectivity index (χ0v) is 19.9. The van der Waals surface area contributed by atoms with Gasteiger partial charge in [0.2, 0.25) is 5.91 Å². The van der Waals surface area contributed by atoms with Gasteiger partial charge in [-0.1, -0.05) is 30.0 Å². The molecule has 0 fully saturated rings. The maximum Gasteiger partial charge on any atom is 0.256 e. The van der Waals surface area contributed by atoms with Crippen molar-refractivity contribution < 1.29 is 23.7 Å². The molecule has 3 aromatic rings. The summed E-state index contributed by atoms with van der Waals surface area (Å²) in [4.78, 5) is 48.7. The van der Waals surface area contributed by atoms with E-state index in [4.69, 9.17) is 5.73 Å². The van der Waals surface area contributed by atoms with Gasteiger partial charge in [-0.2, -0.15) is 0 Å². The molecular weight excluding hydrogens is 464 g/mol. The highest BCUT2D eigenvalue weighted by molar-refractivity contribution is 8.13. The van der Waals surface area contributed by atoms with Gasteiger partial charge in [0.15, 0.2) is 17.5 Å². The molecular formula is C26H27N4O4S+. The van der Waals surface area contributed by atoms with Crippen molar-refractivity contribution >= 4 is 40.3 Å². The number of unbranched alkanes of at least 4 members (excludes halogenated alkanes) is 1. The van der Waals surface area contributed by atoms with Gasteiger partial charge in [-0.05, 0) is 42.8 Å². The van der Waals surface area contributed by atoms with E-state index in [0.717, 1.165) is 31.1 Å². The predicted octanol–water partition coefficient (Wildman–Crippen LogP) is 2.93. The number of hydrogen-bond acceptors (Lipinski definition) is 5. The molecule has 0 saturated carbocycles. The number of aromatic nitrogens is 1. The first-order valence-electron chi connectivity index (χ1n) is 11.1. The molecule has 1 aromatic heterocycles. The highest BCUT2D eigenvalue weighted by Crippen LogP contribution is 2.26. The maximum absolute atomic E-state index is 12.9. The number of anilines is 1. The van der Waals surface area contributed by atoms with E-state index in [1.165, 1.54) is 12.1 Å². The number of amides is 3. The van der Waals surface area contributed by atoms with Gasteiger partial charge < -0.3 is 16.4 Å². The third kappa shape index (κ3) is 8.38. The highest BCUT2D eigenvalue weighted by Gasteiger charge is 2.15. The van der Waals surface area contributed by atoms with Crippen LogP contribution in [-0.2, 0) is 16.1 Å². The normalized spacial score (nSPS) is 10.4. The minimum Gasteiger partial charge on any atom is -0.368 e. The lowest BCUT2D eigenvalue weighted by Gasteiger charge is -2.10. The van der Waals surface area contributed by atoms with Crippen LogP contribution >= 0.6 is 11.8 Å². The topological polar surface area (TPSA) is 122 Å². The molecule has 0 aliphatic rings. The number of hydrogen-bond donors (Lipinski definition) is 3. The van der Waals surface area contributed by atoms with Crippen molar-refractivity contribution in [1.29, 1.82) is 0 Å². The molecule has 8 nitrogen and oxygen atoms in total. The Labute approximate surface area is 207 Å². The van der Waals surface area contributed by atoms with Crippen molar-refractivity contribution in [3.8, 4) is 0 Å². The number of pyridine rings is 1. The first-order valence-corrected chi connectivity index (χ1v) is 12.0. The molecule has 180 valence electrons. The summed E-state index contributed by atoms with van der Waals surface area (Å²) in [7, 11) is 0. The maximum atomic E-state index is 12.9. The summed E-state index contributed by atoms with van der Waals surface area (Å²) < 4.78 is 2.08. The molecule has 35 heavy (non-hydrogen) atoms. The van der Waals surface area contributed by atoms with E-state index in [2.05, 4.69) is 15.2 Å². The lowest BCUT2D eigenvalue weighted by molar-refractivity contribution is -0.697. The second kappa shape index (κ2) is 13.0. The molecule has 0 aliphatic carbocycles. The predicted molar refractivity (Wildman–Crippen MR) is 134 cm³/mol. The minimum atomic E-state index is -0.636. The van der Waals surface area contributed by atoms with Crippen molar-refractivity contribution in [1.82, 2.24) is 5.32 Å². The van der Waals surface area contributed by atoms with E-state index >= 15 is 0 Å². The molecule has 2 aromatic carbocycles. The zero-order chi connectivity index (χ0) is 25.0. The van der Waals surface area contributed by atoms with Gasteiger partial charge >= 0.3 is 0 Å². The molecule has 3 rings (SSSR count). The molecule has 4 N–H and O–H groups in total. The summed E-state index contributed by atoms with van der Waals surface area (Å²) >= 11 is 1.07. The molecule has 9 heteroatoms. The molecule has 0 atom stereocenters. The van der Waals surface area contributed by atoms with Crippen molar-refractivity contribution in [2.24, 2.45) is 5.73 Å². The van der Waals surface area contributed by atoms with Crippen LogP contribution in [0.15, 0.2) is 84.0 Å². The quantitative estimate of drug-likeness (QED) is 0.216. The van der Waals surface area contributed by atoms with Gasteiger partial charge in [0.05, 0.1) is 12.1 Å². The van der Waals surface area contributed by atoms with Crippen LogP contribution in [0.1, 0.15) is 40.0 Å². The van der Waals surface area contributed by atoms with Gasteiger partial charge in [-0.25, -0.2) is 4.57 Å². The van der Waals surface area contributed by atoms with Crippen LogP contribution in [0, 0.1) is 0 Å². The Morgan fingerprint density at radius 2 is 1.54 bits per heavy atom. The summed E-state index contributed by atoms with van der Waals surface area (Å²) in [5.74, 6) is -1.43. The molecule has 0 spiro atoms. The van der Waals surface area contributed by atoms with E-state index in [9.17, 15) is 19.2 Å². The number of thioether (sulfide) groups is 1. The molecule has 0 radical (unpaired) electrons. The second-order valence-corrected chi connectivity index (χ2v) is 8.82. The fourth-order valence-corrected chi connectivity index (χ4v) is 4.15. The van der Waals surface area contributed by atoms with Crippen LogP contribution in [0.25, 0.3) is 0 Å². The van der Waals surface area contributed by atoms with Crippen molar-refractivity contribution in [3.63, 3.8) is 0 Å². The van der Waals surface area contributed by atoms with Crippen molar-refractivity contribution in [2.45, 2.75) is 30.7 Å². The van der Waals surface area contributed by atoms with Gasteiger partial charge in [0.25, 0.3) is 11.8 Å². The van der Waals surface area contributed by atoms with Gasteiger partial charge in [-0.3, -0.25) is 19.2 Å². The Morgan fingerprint density at radius 1 is 0.829 bits per heavy atom. The number of benzene rings is 2. The molecule has 1 heterocycles. The average Bonchev–Trinajstić information content (AvgIpc) is 2.86. The third-order valence-corrected chi connectivity index (χ3v) is 6.02. The highest BCUT2D eigenvalue weighted by atomic mass is 32.2. The van der Waals surface area contributed by atoms with E-state index < -0.39 is 11.8 Å². The van der Waals surface area contributed by atoms with Crippen LogP contribution in [0.4, 0.5) is 5.69 Å². The minimum absolute atomic E-state index is 0.00892. The molecule has 0 saturated heterocycles. The van der Waals surface area contributed by atoms with E-state index in [0.29, 0.717) is 28.1 Å². The van der Waals surface area contributed by atoms with Crippen LogP contribution < -0.4 is 20.9 Å². The van der Waals surface area contributed by atoms with E-state index in [1.54, 1.807) is 36.4 Å². The number of nitrogens with one attached hydrogen (secondary N) is 2. The second-order valence-electron chi connectivity index (χ2n) is 7.72. The third-order valence-electron chi connectivity index (χ3n) is 5.01. The first-order chi connectivity index (χ1) is 16.9. The monoisotopic (exact) mass is 491 g/mol. The number of carbonyl (C=O) groups is 4. The SMILES string of the molecule is NC(=O)CNC(=O)c1ccc(NC(=O)c2ccccc2SC(=O)CCCC[n+]2ccccc2)cc1. The zero-order valence-electron chi connectivity index (χ0n) is 19.1. The summed E-state index contributed by atoms with van der Waals surface area (Å²) in [5.41, 5.74) is 6.24. The van der Waals surface area contributed by atoms with Crippen LogP contribution in [-0.4, -0.2) is 29.4 Å². The first kappa shape index (κ1) is 25.6. The Bertz CT molecular complexity index is 1180. The van der Waals surface area contributed by atoms with Gasteiger partial charge in [-0.15, -0.1) is 0 Å². The van der Waals surface area contributed by atoms with Crippen molar-refractivity contribution in [2.75, 3.05) is 11.9 Å². The summed E-state index contributed by atoms with van der Waals surface area (Å²) in [6.07, 6.45) is 6.07. The standard InChI is InChI=1S/C26H26N4O4S/c27-23(31)18-28-25(33)19-11-13-20(14-12-19)29-26(34)21-8-2-3-9-22(21)35-24(32)10-4-7-17-30-15-5-1-6-16-30/h1-3,5-6,8-9,11-16H,4,7,10,17-18H2,(H3-,27,28,29,31,33,34)/p+1.